The SMILES string of the molecule is COc1cc(C)c(NC(=O)c2ccc3c(c2)NC(=O)C(C)N3C)cc1OC. The molecule has 0 saturated carbocycles. The maximum atomic E-state index is 12.7. The topological polar surface area (TPSA) is 79.9 Å². The molecule has 2 aromatic rings. The summed E-state index contributed by atoms with van der Waals surface area (Å²) in [6, 6.07) is 8.53. The molecular formula is C20H23N3O4. The van der Waals surface area contributed by atoms with E-state index in [4.69, 9.17) is 9.47 Å². The molecule has 0 aromatic heterocycles. The lowest BCUT2D eigenvalue weighted by Crippen LogP contribution is -2.43. The maximum Gasteiger partial charge on any atom is 0.255 e. The smallest absolute Gasteiger partial charge is 0.255 e. The molecule has 2 amide bonds. The van der Waals surface area contributed by atoms with Crippen LogP contribution in [0.25, 0.3) is 0 Å². The number of hydrogen-bond donors (Lipinski definition) is 2. The molecular weight excluding hydrogens is 346 g/mol. The minimum Gasteiger partial charge on any atom is -0.493 e. The fraction of sp³-hybridized carbons (Fsp3) is 0.300. The second kappa shape index (κ2) is 7.19. The number of likely N-dealkylation sites (N-methyl/N-ethyl adjacent to an activating group) is 1. The minimum atomic E-state index is -0.274. The number of nitrogens with zero attached hydrogens (tertiary/aromatic N) is 1. The van der Waals surface area contributed by atoms with Crippen LogP contribution in [-0.4, -0.2) is 39.1 Å². The Bertz CT molecular complexity index is 910. The van der Waals surface area contributed by atoms with Gasteiger partial charge in [-0.25, -0.2) is 0 Å². The summed E-state index contributed by atoms with van der Waals surface area (Å²) in [4.78, 5) is 26.6. The summed E-state index contributed by atoms with van der Waals surface area (Å²) in [6.07, 6.45) is 0. The Balaban J connectivity index is 1.88. The summed E-state index contributed by atoms with van der Waals surface area (Å²) in [6.45, 7) is 3.71. The number of methoxy groups -OCH3 is 2. The number of fused-ring (bicyclic) bond motifs is 1. The van der Waals surface area contributed by atoms with Crippen molar-refractivity contribution in [3.63, 3.8) is 0 Å². The highest BCUT2D eigenvalue weighted by Crippen LogP contribution is 2.34. The van der Waals surface area contributed by atoms with Crippen LogP contribution in [0.1, 0.15) is 22.8 Å². The van der Waals surface area contributed by atoms with Crippen LogP contribution in [-0.2, 0) is 4.79 Å². The molecule has 142 valence electrons. The number of carbonyl (C=O) groups excluding carboxylic acids is 2. The Hall–Kier alpha value is -3.22. The largest absolute Gasteiger partial charge is 0.493 e. The normalized spacial score (nSPS) is 15.7. The number of hydrogen-bond acceptors (Lipinski definition) is 5. The van der Waals surface area contributed by atoms with Crippen LogP contribution in [0.4, 0.5) is 17.1 Å². The lowest BCUT2D eigenvalue weighted by atomic mass is 10.1. The van der Waals surface area contributed by atoms with Crippen molar-refractivity contribution in [1.29, 1.82) is 0 Å². The van der Waals surface area contributed by atoms with Crippen LogP contribution >= 0.6 is 0 Å². The van der Waals surface area contributed by atoms with E-state index in [1.807, 2.05) is 31.9 Å². The Labute approximate surface area is 158 Å². The van der Waals surface area contributed by atoms with Gasteiger partial charge in [0, 0.05) is 24.4 Å². The molecule has 0 radical (unpaired) electrons. The number of nitrogens with one attached hydrogen (secondary N) is 2. The Morgan fingerprint density at radius 2 is 1.81 bits per heavy atom. The standard InChI is InChI=1S/C20H23N3O4/c1-11-8-17(26-4)18(27-5)10-14(11)21-20(25)13-6-7-16-15(9-13)22-19(24)12(2)23(16)3/h6-10,12H,1-5H3,(H,21,25)(H,22,24). The van der Waals surface area contributed by atoms with Crippen molar-refractivity contribution in [2.75, 3.05) is 36.8 Å². The molecule has 0 spiro atoms. The van der Waals surface area contributed by atoms with Crippen molar-refractivity contribution in [1.82, 2.24) is 0 Å². The minimum absolute atomic E-state index is 0.0988. The van der Waals surface area contributed by atoms with Crippen molar-refractivity contribution in [2.24, 2.45) is 0 Å². The number of ether oxygens (including phenoxy) is 2. The first kappa shape index (κ1) is 18.6. The summed E-state index contributed by atoms with van der Waals surface area (Å²) in [5.74, 6) is 0.760. The van der Waals surface area contributed by atoms with Crippen molar-refractivity contribution in [2.45, 2.75) is 19.9 Å². The molecule has 27 heavy (non-hydrogen) atoms. The second-order valence-electron chi connectivity index (χ2n) is 6.48. The van der Waals surface area contributed by atoms with Gasteiger partial charge in [-0.3, -0.25) is 9.59 Å². The highest BCUT2D eigenvalue weighted by Gasteiger charge is 2.27. The monoisotopic (exact) mass is 369 g/mol. The molecule has 7 heteroatoms. The summed E-state index contributed by atoms with van der Waals surface area (Å²) in [7, 11) is 4.96. The van der Waals surface area contributed by atoms with Gasteiger partial charge in [-0.2, -0.15) is 0 Å². The van der Waals surface area contributed by atoms with Gasteiger partial charge < -0.3 is 25.0 Å². The van der Waals surface area contributed by atoms with E-state index < -0.39 is 0 Å². The fourth-order valence-corrected chi connectivity index (χ4v) is 3.02. The van der Waals surface area contributed by atoms with E-state index in [0.29, 0.717) is 28.4 Å². The second-order valence-corrected chi connectivity index (χ2v) is 6.48. The van der Waals surface area contributed by atoms with Gasteiger partial charge in [0.15, 0.2) is 11.5 Å². The van der Waals surface area contributed by atoms with Crippen molar-refractivity contribution >= 4 is 28.9 Å². The number of rotatable bonds is 4. The molecule has 1 aliphatic rings. The molecule has 2 N–H and O–H groups in total. The van der Waals surface area contributed by atoms with Gasteiger partial charge >= 0.3 is 0 Å². The van der Waals surface area contributed by atoms with Crippen LogP contribution in [0.5, 0.6) is 11.5 Å². The van der Waals surface area contributed by atoms with Crippen molar-refractivity contribution in [3.05, 3.63) is 41.5 Å². The first-order valence-electron chi connectivity index (χ1n) is 8.57. The van der Waals surface area contributed by atoms with E-state index >= 15 is 0 Å². The molecule has 0 aliphatic carbocycles. The molecule has 1 unspecified atom stereocenters. The Morgan fingerprint density at radius 1 is 1.15 bits per heavy atom. The number of anilines is 3. The zero-order valence-corrected chi connectivity index (χ0v) is 16.0. The van der Waals surface area contributed by atoms with Crippen LogP contribution in [0.2, 0.25) is 0 Å². The first-order chi connectivity index (χ1) is 12.8. The third-order valence-electron chi connectivity index (χ3n) is 4.84. The summed E-state index contributed by atoms with van der Waals surface area (Å²) in [5.41, 5.74) is 3.43. The quantitative estimate of drug-likeness (QED) is 0.866. The number of benzene rings is 2. The van der Waals surface area contributed by atoms with Gasteiger partial charge in [-0.05, 0) is 43.7 Å². The summed E-state index contributed by atoms with van der Waals surface area (Å²) < 4.78 is 10.6. The molecule has 1 heterocycles. The van der Waals surface area contributed by atoms with Gasteiger partial charge in [0.05, 0.1) is 25.6 Å². The highest BCUT2D eigenvalue weighted by atomic mass is 16.5. The highest BCUT2D eigenvalue weighted by molar-refractivity contribution is 6.08. The van der Waals surface area contributed by atoms with Crippen LogP contribution < -0.4 is 25.0 Å². The fourth-order valence-electron chi connectivity index (χ4n) is 3.02. The van der Waals surface area contributed by atoms with Gasteiger partial charge in [0.25, 0.3) is 5.91 Å². The Kier molecular flexibility index (Phi) is 4.94. The Morgan fingerprint density at radius 3 is 2.48 bits per heavy atom. The van der Waals surface area contributed by atoms with Gasteiger partial charge in [0.1, 0.15) is 6.04 Å². The van der Waals surface area contributed by atoms with Crippen LogP contribution in [0, 0.1) is 6.92 Å². The number of aryl methyl sites for hydroxylation is 1. The molecule has 1 atom stereocenters. The molecule has 0 bridgehead atoms. The molecule has 0 fully saturated rings. The molecule has 0 saturated heterocycles. The van der Waals surface area contributed by atoms with Gasteiger partial charge in [0.2, 0.25) is 5.91 Å². The van der Waals surface area contributed by atoms with E-state index in [-0.39, 0.29) is 17.9 Å². The predicted octanol–water partition coefficient (Wildman–Crippen LogP) is 3.04. The van der Waals surface area contributed by atoms with E-state index in [2.05, 4.69) is 10.6 Å². The number of carbonyl (C=O) groups is 2. The maximum absolute atomic E-state index is 12.7. The van der Waals surface area contributed by atoms with E-state index in [0.717, 1.165) is 11.3 Å². The van der Waals surface area contributed by atoms with Crippen molar-refractivity contribution < 1.29 is 19.1 Å². The van der Waals surface area contributed by atoms with E-state index in [9.17, 15) is 9.59 Å². The summed E-state index contributed by atoms with van der Waals surface area (Å²) >= 11 is 0. The molecule has 2 aromatic carbocycles. The average Bonchev–Trinajstić information content (AvgIpc) is 2.66. The summed E-state index contributed by atoms with van der Waals surface area (Å²) in [5, 5.41) is 5.74. The molecule has 1 aliphatic heterocycles. The zero-order valence-electron chi connectivity index (χ0n) is 16.0. The lowest BCUT2D eigenvalue weighted by molar-refractivity contribution is -0.117. The number of amides is 2. The lowest BCUT2D eigenvalue weighted by Gasteiger charge is -2.33. The molecule has 3 rings (SSSR count). The van der Waals surface area contributed by atoms with Gasteiger partial charge in [-0.15, -0.1) is 0 Å². The molecule has 7 nitrogen and oxygen atoms in total. The van der Waals surface area contributed by atoms with E-state index in [1.165, 1.54) is 0 Å². The zero-order chi connectivity index (χ0) is 19.7. The third-order valence-corrected chi connectivity index (χ3v) is 4.84. The van der Waals surface area contributed by atoms with Gasteiger partial charge in [-0.1, -0.05) is 0 Å². The first-order valence-corrected chi connectivity index (χ1v) is 8.57. The van der Waals surface area contributed by atoms with E-state index in [1.54, 1.807) is 38.5 Å². The average molecular weight is 369 g/mol. The van der Waals surface area contributed by atoms with Crippen molar-refractivity contribution in [3.8, 4) is 11.5 Å². The van der Waals surface area contributed by atoms with Crippen LogP contribution in [0.15, 0.2) is 30.3 Å². The van der Waals surface area contributed by atoms with Crippen LogP contribution in [0.3, 0.4) is 0 Å². The predicted molar refractivity (Wildman–Crippen MR) is 105 cm³/mol. The third kappa shape index (κ3) is 3.40.